The van der Waals surface area contributed by atoms with Crippen LogP contribution in [0.15, 0.2) is 158 Å². The molecule has 0 bridgehead atoms. The molecule has 0 fully saturated rings. The van der Waals surface area contributed by atoms with E-state index in [4.69, 9.17) is 9.60 Å². The molecule has 0 amide bonds. The van der Waals surface area contributed by atoms with E-state index in [1.54, 1.807) is 0 Å². The van der Waals surface area contributed by atoms with Gasteiger partial charge >= 0.3 is 0 Å². The van der Waals surface area contributed by atoms with Crippen molar-refractivity contribution in [2.45, 2.75) is 0 Å². The van der Waals surface area contributed by atoms with Crippen LogP contribution in [0.1, 0.15) is 11.0 Å². The minimum absolute atomic E-state index is 0.0214. The molecule has 186 valence electrons. The molecule has 8 aromatic carbocycles. The molecule has 0 spiro atoms. The molecule has 0 aliphatic carbocycles. The lowest BCUT2D eigenvalue weighted by molar-refractivity contribution is 1.65. The average molecular weight is 515 g/mol. The second-order valence-electron chi connectivity index (χ2n) is 9.88. The van der Waals surface area contributed by atoms with Crippen molar-refractivity contribution in [2.75, 3.05) is 0 Å². The maximum Gasteiger partial charge on any atom is 0.0629 e. The number of hydrogen-bond acceptors (Lipinski definition) is 0. The molecular weight excluding hydrogens is 480 g/mol. The summed E-state index contributed by atoms with van der Waals surface area (Å²) in [5.41, 5.74) is 3.52. The van der Waals surface area contributed by atoms with E-state index in [0.717, 1.165) is 21.9 Å². The Morgan fingerprint density at radius 2 is 0.975 bits per heavy atom. The zero-order valence-corrected chi connectivity index (χ0v) is 21.4. The van der Waals surface area contributed by atoms with Gasteiger partial charge in [0, 0.05) is 0 Å². The van der Waals surface area contributed by atoms with Crippen LogP contribution in [0, 0.1) is 0 Å². The van der Waals surface area contributed by atoms with Crippen molar-refractivity contribution in [1.29, 1.82) is 0 Å². The molecule has 0 aliphatic rings. The van der Waals surface area contributed by atoms with Gasteiger partial charge in [0.15, 0.2) is 0 Å². The molecule has 0 N–H and O–H groups in total. The third kappa shape index (κ3) is 3.54. The van der Waals surface area contributed by atoms with E-state index >= 15 is 0 Å². The molecule has 0 saturated carbocycles. The highest BCUT2D eigenvalue weighted by Gasteiger charge is 2.18. The average Bonchev–Trinajstić information content (AvgIpc) is 3.12. The fraction of sp³-hybridized carbons (Fsp3) is 0. The largest absolute Gasteiger partial charge is 0.0629 e. The molecule has 0 aliphatic heterocycles. The van der Waals surface area contributed by atoms with Crippen molar-refractivity contribution in [1.82, 2.24) is 0 Å². The van der Waals surface area contributed by atoms with Crippen LogP contribution in [0.4, 0.5) is 0 Å². The molecule has 0 nitrogen and oxygen atoms in total. The Kier molecular flexibility index (Phi) is 3.70. The Morgan fingerprint density at radius 3 is 1.70 bits per heavy atom. The first kappa shape index (κ1) is 16.0. The summed E-state index contributed by atoms with van der Waals surface area (Å²) in [4.78, 5) is 0. The molecule has 8 rings (SSSR count). The molecule has 0 saturated heterocycles. The van der Waals surface area contributed by atoms with Gasteiger partial charge in [0.05, 0.1) is 11.0 Å². The van der Waals surface area contributed by atoms with Gasteiger partial charge in [-0.1, -0.05) is 151 Å². The number of benzene rings is 8. The van der Waals surface area contributed by atoms with Gasteiger partial charge in [-0.3, -0.25) is 0 Å². The number of hydrogen-bond donors (Lipinski definition) is 0. The van der Waals surface area contributed by atoms with Crippen molar-refractivity contribution in [3.8, 4) is 33.4 Å². The van der Waals surface area contributed by atoms with E-state index in [0.29, 0.717) is 49.0 Å². The summed E-state index contributed by atoms with van der Waals surface area (Å²) >= 11 is 0. The Hall–Kier alpha value is -5.20. The predicted molar refractivity (Wildman–Crippen MR) is 173 cm³/mol. The zero-order chi connectivity index (χ0) is 33.4. The lowest BCUT2D eigenvalue weighted by Crippen LogP contribution is -1.92. The quantitative estimate of drug-likeness (QED) is 0.206. The summed E-state index contributed by atoms with van der Waals surface area (Å²) in [6.45, 7) is 0. The van der Waals surface area contributed by atoms with Crippen molar-refractivity contribution >= 4 is 43.1 Å². The summed E-state index contributed by atoms with van der Waals surface area (Å²) in [6.07, 6.45) is 0. The first-order chi connectivity index (χ1) is 23.2. The Morgan fingerprint density at radius 1 is 0.350 bits per heavy atom. The van der Waals surface area contributed by atoms with Gasteiger partial charge in [0.25, 0.3) is 0 Å². The Bertz CT molecular complexity index is 2570. The zero-order valence-electron chi connectivity index (χ0n) is 29.4. The molecule has 8 aromatic rings. The van der Waals surface area contributed by atoms with Crippen molar-refractivity contribution in [2.24, 2.45) is 0 Å². The van der Waals surface area contributed by atoms with E-state index < -0.39 is 18.1 Å². The normalized spacial score (nSPS) is 14.3. The van der Waals surface area contributed by atoms with Crippen LogP contribution in [0.2, 0.25) is 0 Å². The fourth-order valence-electron chi connectivity index (χ4n) is 5.96. The summed E-state index contributed by atoms with van der Waals surface area (Å²) in [6, 6.07) is 32.9. The molecule has 0 radical (unpaired) electrons. The van der Waals surface area contributed by atoms with Crippen LogP contribution in [0.5, 0.6) is 0 Å². The van der Waals surface area contributed by atoms with Crippen LogP contribution < -0.4 is 0 Å². The van der Waals surface area contributed by atoms with E-state index in [9.17, 15) is 1.37 Å². The summed E-state index contributed by atoms with van der Waals surface area (Å²) in [5, 5.41) is 6.13. The minimum atomic E-state index is -0.454. The lowest BCUT2D eigenvalue weighted by atomic mass is 9.84. The van der Waals surface area contributed by atoms with Crippen LogP contribution in [-0.2, 0) is 0 Å². The number of fused-ring (bicyclic) bond motifs is 4. The molecule has 0 heteroatoms. The van der Waals surface area contributed by atoms with Gasteiger partial charge in [-0.25, -0.2) is 0 Å². The monoisotopic (exact) mass is 514 g/mol. The van der Waals surface area contributed by atoms with E-state index in [2.05, 4.69) is 12.1 Å². The standard InChI is InChI=1S/C40H26/c1-2-13-28(14-3-1)39-35-16-6-8-18-37(35)40(38-19-9-7-17-36(38)39)34-23-11-21-32-31(20-10-22-33(32)34)30-25-24-27-12-4-5-15-29(27)26-30/h1-26H/i1D,2D,3D,11D,13D,14D,21D,23D. The van der Waals surface area contributed by atoms with Crippen LogP contribution >= 0.6 is 0 Å². The lowest BCUT2D eigenvalue weighted by Gasteiger charge is -2.19. The van der Waals surface area contributed by atoms with Crippen molar-refractivity contribution in [3.05, 3.63) is 158 Å². The van der Waals surface area contributed by atoms with Gasteiger partial charge in [0.2, 0.25) is 0 Å². The Balaban J connectivity index is 1.54. The third-order valence-corrected chi connectivity index (χ3v) is 7.70. The SMILES string of the molecule is [2H]c1c([2H])c([2H])c(-c2c3ccccc3c(-c3c([2H])c([2H])c([2H])c4c(-c5ccc6ccccc6c5)cccc34)c3ccccc23)c([2H])c1[2H]. The highest BCUT2D eigenvalue weighted by atomic mass is 14.2. The maximum absolute atomic E-state index is 9.32. The van der Waals surface area contributed by atoms with Gasteiger partial charge in [-0.15, -0.1) is 0 Å². The fourth-order valence-corrected chi connectivity index (χ4v) is 5.96. The van der Waals surface area contributed by atoms with Crippen molar-refractivity contribution < 1.29 is 11.0 Å². The Labute approximate surface area is 245 Å². The van der Waals surface area contributed by atoms with E-state index in [1.807, 2.05) is 97.1 Å². The predicted octanol–water partition coefficient (Wildman–Crippen LogP) is 11.3. The molecule has 40 heavy (non-hydrogen) atoms. The molecule has 0 heterocycles. The van der Waals surface area contributed by atoms with Crippen LogP contribution in [0.3, 0.4) is 0 Å². The van der Waals surface area contributed by atoms with Gasteiger partial charge in [0.1, 0.15) is 0 Å². The number of rotatable bonds is 3. The molecule has 0 aromatic heterocycles. The first-order valence-corrected chi connectivity index (χ1v) is 13.2. The smallest absolute Gasteiger partial charge is 0.0622 e. The van der Waals surface area contributed by atoms with Gasteiger partial charge in [-0.05, 0) is 82.5 Å². The van der Waals surface area contributed by atoms with Gasteiger partial charge in [-0.2, -0.15) is 0 Å². The van der Waals surface area contributed by atoms with E-state index in [1.165, 1.54) is 0 Å². The molecule has 0 unspecified atom stereocenters. The highest BCUT2D eigenvalue weighted by molar-refractivity contribution is 6.24. The van der Waals surface area contributed by atoms with Crippen LogP contribution in [-0.4, -0.2) is 0 Å². The molecule has 0 atom stereocenters. The van der Waals surface area contributed by atoms with Crippen molar-refractivity contribution in [3.63, 3.8) is 0 Å². The topological polar surface area (TPSA) is 0 Å². The summed E-state index contributed by atoms with van der Waals surface area (Å²) < 4.78 is 70.1. The highest BCUT2D eigenvalue weighted by Crippen LogP contribution is 2.46. The first-order valence-electron chi connectivity index (χ1n) is 17.2. The maximum atomic E-state index is 9.32. The molecular formula is C40H26. The summed E-state index contributed by atoms with van der Waals surface area (Å²) in [7, 11) is 0. The van der Waals surface area contributed by atoms with Gasteiger partial charge < -0.3 is 0 Å². The minimum Gasteiger partial charge on any atom is -0.0622 e. The third-order valence-electron chi connectivity index (χ3n) is 7.70. The van der Waals surface area contributed by atoms with E-state index in [-0.39, 0.29) is 35.8 Å². The second kappa shape index (κ2) is 9.22. The van der Waals surface area contributed by atoms with Crippen LogP contribution in [0.25, 0.3) is 76.5 Å². The summed E-state index contributed by atoms with van der Waals surface area (Å²) in [5.74, 6) is 0. The second-order valence-corrected chi connectivity index (χ2v) is 9.88.